The molecule has 0 bridgehead atoms. The fourth-order valence-corrected chi connectivity index (χ4v) is 1.46. The molecule has 1 atom stereocenters. The maximum atomic E-state index is 10.5. The third-order valence-corrected chi connectivity index (χ3v) is 2.47. The molecule has 106 valence electrons. The number of nitro groups is 1. The highest BCUT2D eigenvalue weighted by Crippen LogP contribution is 2.17. The number of nitro benzene ring substituents is 1. The van der Waals surface area contributed by atoms with Gasteiger partial charge in [0.15, 0.2) is 0 Å². The fourth-order valence-electron chi connectivity index (χ4n) is 1.46. The van der Waals surface area contributed by atoms with Gasteiger partial charge in [-0.15, -0.1) is 0 Å². The predicted molar refractivity (Wildman–Crippen MR) is 70.4 cm³/mol. The summed E-state index contributed by atoms with van der Waals surface area (Å²) in [5.41, 5.74) is 6.25. The summed E-state index contributed by atoms with van der Waals surface area (Å²) in [5.74, 6) is 0.232. The lowest BCUT2D eigenvalue weighted by Crippen LogP contribution is -2.23. The van der Waals surface area contributed by atoms with Crippen LogP contribution in [0.4, 0.5) is 17.2 Å². The Labute approximate surface area is 113 Å². The van der Waals surface area contributed by atoms with Crippen molar-refractivity contribution in [2.45, 2.75) is 13.0 Å². The zero-order valence-electron chi connectivity index (χ0n) is 10.6. The molecule has 0 saturated carbocycles. The van der Waals surface area contributed by atoms with Crippen molar-refractivity contribution in [1.82, 2.24) is 10.3 Å². The molecule has 2 rings (SSSR count). The Hall–Kier alpha value is -2.84. The SMILES string of the molecule is C[C@@H](CNc1ccc([N+](=O)[O-])cc1)Oc1nonc1N. The number of ether oxygens (including phenoxy) is 1. The van der Waals surface area contributed by atoms with Gasteiger partial charge in [0.25, 0.3) is 5.69 Å². The van der Waals surface area contributed by atoms with Gasteiger partial charge in [0.05, 0.1) is 11.5 Å². The smallest absolute Gasteiger partial charge is 0.300 e. The molecule has 0 aliphatic rings. The van der Waals surface area contributed by atoms with Crippen LogP contribution >= 0.6 is 0 Å². The second-order valence-electron chi connectivity index (χ2n) is 4.07. The number of hydrogen-bond acceptors (Lipinski definition) is 8. The topological polar surface area (TPSA) is 129 Å². The normalized spacial score (nSPS) is 11.8. The van der Waals surface area contributed by atoms with Crippen LogP contribution in [0.1, 0.15) is 6.92 Å². The van der Waals surface area contributed by atoms with Crippen LogP contribution in [0.3, 0.4) is 0 Å². The van der Waals surface area contributed by atoms with Crippen molar-refractivity contribution in [2.24, 2.45) is 0 Å². The van der Waals surface area contributed by atoms with E-state index in [-0.39, 0.29) is 23.5 Å². The first-order valence-corrected chi connectivity index (χ1v) is 5.79. The molecule has 9 heteroatoms. The third-order valence-electron chi connectivity index (χ3n) is 2.47. The highest BCUT2D eigenvalue weighted by atomic mass is 16.6. The van der Waals surface area contributed by atoms with E-state index in [1.54, 1.807) is 12.1 Å². The lowest BCUT2D eigenvalue weighted by Gasteiger charge is -2.13. The van der Waals surface area contributed by atoms with Crippen LogP contribution in [0.15, 0.2) is 28.9 Å². The predicted octanol–water partition coefficient (Wildman–Crippen LogP) is 1.44. The highest BCUT2D eigenvalue weighted by Gasteiger charge is 2.12. The first-order chi connectivity index (χ1) is 9.56. The van der Waals surface area contributed by atoms with Crippen LogP contribution in [0.5, 0.6) is 5.88 Å². The Bertz CT molecular complexity index is 583. The number of nitrogens with zero attached hydrogens (tertiary/aromatic N) is 3. The molecule has 1 aromatic heterocycles. The average Bonchev–Trinajstić information content (AvgIpc) is 2.82. The number of hydrogen-bond donors (Lipinski definition) is 2. The second-order valence-corrected chi connectivity index (χ2v) is 4.07. The van der Waals surface area contributed by atoms with E-state index in [0.29, 0.717) is 6.54 Å². The molecular formula is C11H13N5O4. The number of rotatable bonds is 6. The van der Waals surface area contributed by atoms with Gasteiger partial charge in [-0.25, -0.2) is 4.63 Å². The lowest BCUT2D eigenvalue weighted by molar-refractivity contribution is -0.384. The molecule has 0 amide bonds. The van der Waals surface area contributed by atoms with Gasteiger partial charge in [-0.2, -0.15) is 0 Å². The lowest BCUT2D eigenvalue weighted by atomic mass is 10.2. The molecule has 0 radical (unpaired) electrons. The first-order valence-electron chi connectivity index (χ1n) is 5.79. The molecule has 20 heavy (non-hydrogen) atoms. The van der Waals surface area contributed by atoms with E-state index in [1.165, 1.54) is 12.1 Å². The summed E-state index contributed by atoms with van der Waals surface area (Å²) in [6.45, 7) is 2.27. The Balaban J connectivity index is 1.85. The molecule has 2 aromatic rings. The van der Waals surface area contributed by atoms with Crippen molar-refractivity contribution in [3.05, 3.63) is 34.4 Å². The van der Waals surface area contributed by atoms with Crippen LogP contribution in [0.25, 0.3) is 0 Å². The van der Waals surface area contributed by atoms with Gasteiger partial charge < -0.3 is 15.8 Å². The van der Waals surface area contributed by atoms with Gasteiger partial charge in [-0.1, -0.05) is 0 Å². The van der Waals surface area contributed by atoms with E-state index in [1.807, 2.05) is 6.92 Å². The van der Waals surface area contributed by atoms with Crippen molar-refractivity contribution in [1.29, 1.82) is 0 Å². The van der Waals surface area contributed by atoms with E-state index in [4.69, 9.17) is 10.5 Å². The molecule has 9 nitrogen and oxygen atoms in total. The van der Waals surface area contributed by atoms with Crippen molar-refractivity contribution in [3.63, 3.8) is 0 Å². The van der Waals surface area contributed by atoms with Crippen molar-refractivity contribution < 1.29 is 14.3 Å². The quantitative estimate of drug-likeness (QED) is 0.600. The van der Waals surface area contributed by atoms with Crippen LogP contribution in [-0.4, -0.2) is 27.9 Å². The average molecular weight is 279 g/mol. The van der Waals surface area contributed by atoms with Gasteiger partial charge in [0.2, 0.25) is 5.82 Å². The minimum atomic E-state index is -0.449. The molecule has 0 aliphatic carbocycles. The number of nitrogens with two attached hydrogens (primary N) is 1. The van der Waals surface area contributed by atoms with E-state index in [0.717, 1.165) is 5.69 Å². The van der Waals surface area contributed by atoms with Gasteiger partial charge in [0, 0.05) is 17.8 Å². The van der Waals surface area contributed by atoms with Crippen molar-refractivity contribution in [2.75, 3.05) is 17.6 Å². The number of non-ortho nitro benzene ring substituents is 1. The number of anilines is 2. The minimum Gasteiger partial charge on any atom is -0.468 e. The van der Waals surface area contributed by atoms with Crippen LogP contribution in [0.2, 0.25) is 0 Å². The molecule has 0 spiro atoms. The summed E-state index contributed by atoms with van der Waals surface area (Å²) in [6.07, 6.45) is -0.237. The molecule has 3 N–H and O–H groups in total. The zero-order valence-corrected chi connectivity index (χ0v) is 10.6. The second kappa shape index (κ2) is 5.87. The number of aromatic nitrogens is 2. The van der Waals surface area contributed by atoms with E-state index >= 15 is 0 Å². The van der Waals surface area contributed by atoms with Crippen LogP contribution < -0.4 is 15.8 Å². The minimum absolute atomic E-state index is 0.0429. The molecule has 0 saturated heterocycles. The Morgan fingerprint density at radius 1 is 1.45 bits per heavy atom. The number of nitrogen functional groups attached to an aromatic ring is 1. The molecule has 0 aliphatic heterocycles. The fraction of sp³-hybridized carbons (Fsp3) is 0.273. The summed E-state index contributed by atoms with van der Waals surface area (Å²) in [5, 5.41) is 20.5. The Morgan fingerprint density at radius 2 is 2.15 bits per heavy atom. The maximum Gasteiger partial charge on any atom is 0.300 e. The van der Waals surface area contributed by atoms with Gasteiger partial charge in [-0.05, 0) is 29.4 Å². The van der Waals surface area contributed by atoms with E-state index in [2.05, 4.69) is 20.3 Å². The van der Waals surface area contributed by atoms with Crippen molar-refractivity contribution >= 4 is 17.2 Å². The standard InChI is InChI=1S/C11H13N5O4/c1-7(19-11-10(12)14-20-15-11)6-13-8-2-4-9(5-3-8)16(17)18/h2-5,7,13H,6H2,1H3,(H2,12,14)/t7-/m0/s1. The van der Waals surface area contributed by atoms with Crippen LogP contribution in [-0.2, 0) is 0 Å². The summed E-state index contributed by atoms with van der Waals surface area (Å²) in [7, 11) is 0. The van der Waals surface area contributed by atoms with Gasteiger partial charge in [0.1, 0.15) is 6.10 Å². The monoisotopic (exact) mass is 279 g/mol. The van der Waals surface area contributed by atoms with Gasteiger partial charge in [-0.3, -0.25) is 10.1 Å². The van der Waals surface area contributed by atoms with Crippen molar-refractivity contribution in [3.8, 4) is 5.88 Å². The van der Waals surface area contributed by atoms with E-state index < -0.39 is 4.92 Å². The maximum absolute atomic E-state index is 10.5. The van der Waals surface area contributed by atoms with Crippen LogP contribution in [0, 0.1) is 10.1 Å². The Morgan fingerprint density at radius 3 is 2.70 bits per heavy atom. The summed E-state index contributed by atoms with van der Waals surface area (Å²) >= 11 is 0. The summed E-state index contributed by atoms with van der Waals surface area (Å²) < 4.78 is 9.82. The zero-order chi connectivity index (χ0) is 14.5. The highest BCUT2D eigenvalue weighted by molar-refractivity contribution is 5.48. The van der Waals surface area contributed by atoms with Gasteiger partial charge >= 0.3 is 5.88 Å². The molecule has 1 heterocycles. The first kappa shape index (κ1) is 13.6. The molecule has 1 aromatic carbocycles. The summed E-state index contributed by atoms with van der Waals surface area (Å²) in [4.78, 5) is 10.1. The molecule has 0 fully saturated rings. The molecule has 0 unspecified atom stereocenters. The molecular weight excluding hydrogens is 266 g/mol. The third kappa shape index (κ3) is 3.34. The Kier molecular flexibility index (Phi) is 3.99. The summed E-state index contributed by atoms with van der Waals surface area (Å²) in [6, 6.07) is 6.09. The largest absolute Gasteiger partial charge is 0.468 e. The number of nitrogens with one attached hydrogen (secondary N) is 1. The van der Waals surface area contributed by atoms with E-state index in [9.17, 15) is 10.1 Å². The number of benzene rings is 1.